The van der Waals surface area contributed by atoms with Crippen LogP contribution in [0.15, 0.2) is 24.3 Å². The van der Waals surface area contributed by atoms with Crippen LogP contribution in [0.2, 0.25) is 0 Å². The molecule has 0 spiro atoms. The van der Waals surface area contributed by atoms with Gasteiger partial charge in [0.05, 0.1) is 0 Å². The van der Waals surface area contributed by atoms with Gasteiger partial charge in [-0.15, -0.1) is 0 Å². The molecule has 2 heteroatoms. The minimum absolute atomic E-state index is 0.581. The normalized spacial score (nSPS) is 22.2. The number of hydrogen-bond donors (Lipinski definition) is 1. The highest BCUT2D eigenvalue weighted by molar-refractivity contribution is 5.33. The second kappa shape index (κ2) is 5.65. The van der Waals surface area contributed by atoms with E-state index in [1.807, 2.05) is 0 Å². The van der Waals surface area contributed by atoms with Crippen LogP contribution in [0.25, 0.3) is 0 Å². The van der Waals surface area contributed by atoms with Crippen molar-refractivity contribution in [3.8, 4) is 0 Å². The van der Waals surface area contributed by atoms with E-state index < -0.39 is 0 Å². The molecule has 0 radical (unpaired) electrons. The van der Waals surface area contributed by atoms with Crippen molar-refractivity contribution in [2.45, 2.75) is 25.8 Å². The topological polar surface area (TPSA) is 15.3 Å². The number of nitrogens with zero attached hydrogens (tertiary/aromatic N) is 1. The highest BCUT2D eigenvalue weighted by Crippen LogP contribution is 2.35. The van der Waals surface area contributed by atoms with Gasteiger partial charge in [0, 0.05) is 12.6 Å². The van der Waals surface area contributed by atoms with Crippen LogP contribution >= 0.6 is 0 Å². The van der Waals surface area contributed by atoms with Crippen LogP contribution in [0.1, 0.15) is 30.5 Å². The van der Waals surface area contributed by atoms with Gasteiger partial charge in [-0.1, -0.05) is 37.6 Å². The molecule has 0 aromatic heterocycles. The van der Waals surface area contributed by atoms with Crippen molar-refractivity contribution in [1.82, 2.24) is 10.2 Å². The predicted octanol–water partition coefficient (Wildman–Crippen LogP) is 2.46. The van der Waals surface area contributed by atoms with Crippen molar-refractivity contribution in [2.75, 3.05) is 27.2 Å². The van der Waals surface area contributed by atoms with E-state index in [0.29, 0.717) is 12.0 Å². The zero-order chi connectivity index (χ0) is 12.3. The summed E-state index contributed by atoms with van der Waals surface area (Å²) in [7, 11) is 4.32. The first-order chi connectivity index (χ1) is 8.27. The van der Waals surface area contributed by atoms with Gasteiger partial charge in [-0.3, -0.25) is 4.90 Å². The summed E-state index contributed by atoms with van der Waals surface area (Å²) in [6.07, 6.45) is 2.42. The molecule has 1 N–H and O–H groups in total. The van der Waals surface area contributed by atoms with E-state index in [9.17, 15) is 0 Å². The lowest BCUT2D eigenvalue weighted by Gasteiger charge is -2.39. The summed E-state index contributed by atoms with van der Waals surface area (Å²) in [4.78, 5) is 2.52. The van der Waals surface area contributed by atoms with E-state index >= 15 is 0 Å². The Kier molecular flexibility index (Phi) is 4.19. The molecular formula is C15H24N2. The lowest BCUT2D eigenvalue weighted by atomic mass is 9.83. The average Bonchev–Trinajstić information content (AvgIpc) is 2.37. The molecule has 94 valence electrons. The highest BCUT2D eigenvalue weighted by atomic mass is 15.1. The van der Waals surface area contributed by atoms with Crippen LogP contribution in [0.3, 0.4) is 0 Å². The fourth-order valence-electron chi connectivity index (χ4n) is 3.08. The van der Waals surface area contributed by atoms with Gasteiger partial charge < -0.3 is 5.32 Å². The third kappa shape index (κ3) is 2.53. The van der Waals surface area contributed by atoms with Crippen molar-refractivity contribution in [3.05, 3.63) is 35.4 Å². The first-order valence-corrected chi connectivity index (χ1v) is 6.70. The molecule has 2 rings (SSSR count). The minimum Gasteiger partial charge on any atom is -0.319 e. The molecule has 0 aliphatic carbocycles. The van der Waals surface area contributed by atoms with E-state index in [0.717, 1.165) is 6.54 Å². The van der Waals surface area contributed by atoms with Crippen LogP contribution < -0.4 is 5.32 Å². The molecule has 1 aromatic carbocycles. The fourth-order valence-corrected chi connectivity index (χ4v) is 3.08. The minimum atomic E-state index is 0.581. The van der Waals surface area contributed by atoms with Gasteiger partial charge in [-0.25, -0.2) is 0 Å². The Balaban J connectivity index is 2.31. The van der Waals surface area contributed by atoms with E-state index in [-0.39, 0.29) is 0 Å². The largest absolute Gasteiger partial charge is 0.319 e. The Hall–Kier alpha value is -0.860. The maximum atomic E-state index is 3.34. The van der Waals surface area contributed by atoms with E-state index in [2.05, 4.69) is 55.5 Å². The van der Waals surface area contributed by atoms with E-state index in [1.54, 1.807) is 11.1 Å². The summed E-state index contributed by atoms with van der Waals surface area (Å²) in [6, 6.07) is 9.53. The second-order valence-electron chi connectivity index (χ2n) is 5.10. The molecule has 1 aromatic rings. The van der Waals surface area contributed by atoms with Gasteiger partial charge in [-0.05, 0) is 44.1 Å². The fraction of sp³-hybridized carbons (Fsp3) is 0.600. The van der Waals surface area contributed by atoms with Crippen molar-refractivity contribution < 1.29 is 0 Å². The predicted molar refractivity (Wildman–Crippen MR) is 73.2 cm³/mol. The average molecular weight is 232 g/mol. The number of benzene rings is 1. The molecule has 0 saturated heterocycles. The van der Waals surface area contributed by atoms with Crippen LogP contribution in [-0.4, -0.2) is 32.1 Å². The third-order valence-electron chi connectivity index (χ3n) is 4.02. The maximum Gasteiger partial charge on any atom is 0.0388 e. The summed E-state index contributed by atoms with van der Waals surface area (Å²) in [5.74, 6) is 0.700. The van der Waals surface area contributed by atoms with Crippen LogP contribution in [0.4, 0.5) is 0 Å². The summed E-state index contributed by atoms with van der Waals surface area (Å²) in [5.41, 5.74) is 3.09. The molecule has 0 amide bonds. The summed E-state index contributed by atoms with van der Waals surface area (Å²) >= 11 is 0. The van der Waals surface area contributed by atoms with Crippen molar-refractivity contribution >= 4 is 0 Å². The summed E-state index contributed by atoms with van der Waals surface area (Å²) < 4.78 is 0. The molecule has 1 aliphatic rings. The monoisotopic (exact) mass is 232 g/mol. The van der Waals surface area contributed by atoms with Gasteiger partial charge in [0.15, 0.2) is 0 Å². The SMILES string of the molecule is CCC(CNC)C1c2ccccc2CCN1C. The molecule has 0 bridgehead atoms. The van der Waals surface area contributed by atoms with E-state index in [4.69, 9.17) is 0 Å². The van der Waals surface area contributed by atoms with Crippen molar-refractivity contribution in [3.63, 3.8) is 0 Å². The Morgan fingerprint density at radius 2 is 2.18 bits per heavy atom. The maximum absolute atomic E-state index is 3.34. The van der Waals surface area contributed by atoms with Gasteiger partial charge in [0.1, 0.15) is 0 Å². The zero-order valence-corrected chi connectivity index (χ0v) is 11.2. The number of rotatable bonds is 4. The molecule has 0 fully saturated rings. The highest BCUT2D eigenvalue weighted by Gasteiger charge is 2.29. The van der Waals surface area contributed by atoms with Gasteiger partial charge in [-0.2, -0.15) is 0 Å². The number of nitrogens with one attached hydrogen (secondary N) is 1. The molecule has 2 unspecified atom stereocenters. The molecule has 2 atom stereocenters. The first-order valence-electron chi connectivity index (χ1n) is 6.70. The smallest absolute Gasteiger partial charge is 0.0388 e. The molecular weight excluding hydrogens is 208 g/mol. The Labute approximate surface area is 105 Å². The standard InChI is InChI=1S/C15H24N2/c1-4-12(11-16-2)15-14-8-6-5-7-13(14)9-10-17(15)3/h5-8,12,15-16H,4,9-11H2,1-3H3. The van der Waals surface area contributed by atoms with Crippen molar-refractivity contribution in [2.24, 2.45) is 5.92 Å². The lowest BCUT2D eigenvalue weighted by molar-refractivity contribution is 0.159. The number of hydrogen-bond acceptors (Lipinski definition) is 2. The summed E-state index contributed by atoms with van der Waals surface area (Å²) in [5, 5.41) is 3.34. The molecule has 1 heterocycles. The van der Waals surface area contributed by atoms with Gasteiger partial charge >= 0.3 is 0 Å². The second-order valence-corrected chi connectivity index (χ2v) is 5.10. The Morgan fingerprint density at radius 1 is 1.41 bits per heavy atom. The molecule has 2 nitrogen and oxygen atoms in total. The van der Waals surface area contributed by atoms with Gasteiger partial charge in [0.25, 0.3) is 0 Å². The molecule has 0 saturated carbocycles. The third-order valence-corrected chi connectivity index (χ3v) is 4.02. The molecule has 1 aliphatic heterocycles. The quantitative estimate of drug-likeness (QED) is 0.858. The van der Waals surface area contributed by atoms with Crippen LogP contribution in [0.5, 0.6) is 0 Å². The summed E-state index contributed by atoms with van der Waals surface area (Å²) in [6.45, 7) is 4.58. The molecule has 17 heavy (non-hydrogen) atoms. The number of fused-ring (bicyclic) bond motifs is 1. The number of likely N-dealkylation sites (N-methyl/N-ethyl adjacent to an activating group) is 1. The van der Waals surface area contributed by atoms with E-state index in [1.165, 1.54) is 19.4 Å². The van der Waals surface area contributed by atoms with Crippen molar-refractivity contribution in [1.29, 1.82) is 0 Å². The lowest BCUT2D eigenvalue weighted by Crippen LogP contribution is -2.39. The zero-order valence-electron chi connectivity index (χ0n) is 11.2. The Morgan fingerprint density at radius 3 is 2.88 bits per heavy atom. The first kappa shape index (κ1) is 12.6. The Bertz CT molecular complexity index is 362. The van der Waals surface area contributed by atoms with Crippen LogP contribution in [0, 0.1) is 5.92 Å². The van der Waals surface area contributed by atoms with Gasteiger partial charge in [0.2, 0.25) is 0 Å². The van der Waals surface area contributed by atoms with Crippen LogP contribution in [-0.2, 0) is 6.42 Å².